The zero-order chi connectivity index (χ0) is 32.7. The first kappa shape index (κ1) is 33.5. The number of hydrogen-bond acceptors (Lipinski definition) is 11. The molecule has 12 nitrogen and oxygen atoms in total. The summed E-state index contributed by atoms with van der Waals surface area (Å²) in [6.45, 7) is 12.4. The van der Waals surface area contributed by atoms with Crippen molar-refractivity contribution in [2.75, 3.05) is 53.7 Å². The predicted octanol–water partition coefficient (Wildman–Crippen LogP) is 3.67. The van der Waals surface area contributed by atoms with Crippen molar-refractivity contribution < 1.29 is 23.3 Å². The van der Waals surface area contributed by atoms with Gasteiger partial charge in [-0.3, -0.25) is 14.3 Å². The fourth-order valence-electron chi connectivity index (χ4n) is 4.94. The molecular formula is C28H34Cl3N7O5SSi. The highest BCUT2D eigenvalue weighted by Gasteiger charge is 2.37. The first-order valence-corrected chi connectivity index (χ1v) is 20.2. The molecule has 2 amide bonds. The number of alkyl halides is 3. The second-order valence-electron chi connectivity index (χ2n) is 12.6. The number of aromatic nitrogens is 3. The minimum Gasteiger partial charge on any atom is -0.487 e. The van der Waals surface area contributed by atoms with Gasteiger partial charge in [-0.15, -0.1) is 5.54 Å². The summed E-state index contributed by atoms with van der Waals surface area (Å²) in [7, 11) is -2.80. The predicted molar refractivity (Wildman–Crippen MR) is 178 cm³/mol. The molecule has 2 aromatic heterocycles. The second-order valence-corrected chi connectivity index (χ2v) is 21.2. The Labute approximate surface area is 280 Å². The Bertz CT molecular complexity index is 1610. The van der Waals surface area contributed by atoms with Crippen molar-refractivity contribution in [3.8, 4) is 17.2 Å². The summed E-state index contributed by atoms with van der Waals surface area (Å²) in [6.07, 6.45) is 1.29. The molecule has 242 valence electrons. The van der Waals surface area contributed by atoms with Crippen molar-refractivity contribution in [3.63, 3.8) is 0 Å². The Morgan fingerprint density at radius 2 is 1.98 bits per heavy atom. The number of amides is 2. The van der Waals surface area contributed by atoms with E-state index < -0.39 is 40.2 Å². The largest absolute Gasteiger partial charge is 0.487 e. The summed E-state index contributed by atoms with van der Waals surface area (Å²) in [5, 5.41) is 5.14. The molecule has 1 fully saturated rings. The van der Waals surface area contributed by atoms with Gasteiger partial charge < -0.3 is 24.6 Å². The van der Waals surface area contributed by atoms with Crippen LogP contribution in [-0.4, -0.2) is 93.2 Å². The van der Waals surface area contributed by atoms with Crippen molar-refractivity contribution >= 4 is 83.3 Å². The van der Waals surface area contributed by atoms with Crippen LogP contribution in [-0.2, 0) is 26.8 Å². The molecule has 2 aromatic rings. The molecule has 2 N–H and O–H groups in total. The van der Waals surface area contributed by atoms with Crippen LogP contribution in [0.2, 0.25) is 19.6 Å². The van der Waals surface area contributed by atoms with Gasteiger partial charge in [0.2, 0.25) is 5.95 Å². The highest BCUT2D eigenvalue weighted by atomic mass is 35.6. The smallest absolute Gasteiger partial charge is 0.414 e. The van der Waals surface area contributed by atoms with Crippen LogP contribution < -0.4 is 25.2 Å². The number of aryl methyl sites for hydroxylation is 1. The van der Waals surface area contributed by atoms with E-state index in [0.717, 1.165) is 17.1 Å². The molecule has 1 unspecified atom stereocenters. The van der Waals surface area contributed by atoms with E-state index in [1.165, 1.54) is 0 Å². The number of nitrogens with zero attached hydrogens (tertiary/aromatic N) is 5. The number of anilines is 3. The standard InChI is InChI=1S/C28H34Cl3N7O5SSi/c1-27(2,16-43-26(40)35-24(39)28(29,30)31)36-22-21-19(6-10-44(21)41)33-25(34-22)37-8-9-38-18(14-37)15-42-20-12-17(13-32-23(20)38)7-11-45(3,4)5/h12-13,18H,6,8-10,14-16H2,1-5H3,(H,33,34,36)(H,35,39,40)/t18?,44-/m1/s1. The van der Waals surface area contributed by atoms with Crippen molar-refractivity contribution in [2.45, 2.75) is 60.2 Å². The third kappa shape index (κ3) is 8.12. The molecule has 3 aliphatic heterocycles. The maximum absolute atomic E-state index is 12.9. The summed E-state index contributed by atoms with van der Waals surface area (Å²) >= 11 is 16.5. The van der Waals surface area contributed by atoms with Crippen molar-refractivity contribution in [1.82, 2.24) is 20.3 Å². The van der Waals surface area contributed by atoms with Crippen LogP contribution in [0.25, 0.3) is 0 Å². The molecule has 5 rings (SSSR count). The van der Waals surface area contributed by atoms with Crippen LogP contribution in [0.15, 0.2) is 17.2 Å². The number of nitrogens with one attached hydrogen (secondary N) is 2. The second kappa shape index (κ2) is 12.8. The lowest BCUT2D eigenvalue weighted by Gasteiger charge is -2.44. The van der Waals surface area contributed by atoms with Crippen LogP contribution in [0.4, 0.5) is 22.4 Å². The number of ether oxygens (including phenoxy) is 2. The fraction of sp³-hybridized carbons (Fsp3) is 0.536. The molecule has 3 aliphatic rings. The van der Waals surface area contributed by atoms with Crippen LogP contribution in [0, 0.1) is 11.5 Å². The molecule has 0 aromatic carbocycles. The van der Waals surface area contributed by atoms with Crippen LogP contribution in [0.5, 0.6) is 5.75 Å². The van der Waals surface area contributed by atoms with Gasteiger partial charge in [-0.05, 0) is 13.8 Å². The first-order chi connectivity index (χ1) is 21.0. The maximum atomic E-state index is 12.9. The molecule has 17 heteroatoms. The molecule has 0 aliphatic carbocycles. The van der Waals surface area contributed by atoms with Crippen LogP contribution >= 0.6 is 34.8 Å². The Hall–Kier alpha value is -2.83. The summed E-state index contributed by atoms with van der Waals surface area (Å²) in [4.78, 5) is 43.1. The van der Waals surface area contributed by atoms with Gasteiger partial charge in [-0.1, -0.05) is 60.4 Å². The van der Waals surface area contributed by atoms with Gasteiger partial charge in [0.1, 0.15) is 32.0 Å². The third-order valence-corrected chi connectivity index (χ3v) is 9.90. The summed E-state index contributed by atoms with van der Waals surface area (Å²) in [5.74, 6) is 5.01. The Kier molecular flexibility index (Phi) is 9.50. The van der Waals surface area contributed by atoms with E-state index in [-0.39, 0.29) is 12.6 Å². The molecular weight excluding hydrogens is 681 g/mol. The number of pyridine rings is 1. The molecule has 1 saturated heterocycles. The normalized spacial score (nSPS) is 19.3. The van der Waals surface area contributed by atoms with E-state index in [0.29, 0.717) is 60.8 Å². The molecule has 0 radical (unpaired) electrons. The minimum absolute atomic E-state index is 0.0267. The molecule has 0 saturated carbocycles. The zero-order valence-corrected chi connectivity index (χ0v) is 29.6. The number of fused-ring (bicyclic) bond motifs is 4. The molecule has 0 spiro atoms. The highest BCUT2D eigenvalue weighted by molar-refractivity contribution is 7.85. The van der Waals surface area contributed by atoms with Crippen LogP contribution in [0.3, 0.4) is 0 Å². The van der Waals surface area contributed by atoms with E-state index >= 15 is 0 Å². The lowest BCUT2D eigenvalue weighted by atomic mass is 10.1. The van der Waals surface area contributed by atoms with Crippen molar-refractivity contribution in [1.29, 1.82) is 0 Å². The Morgan fingerprint density at radius 1 is 1.22 bits per heavy atom. The summed E-state index contributed by atoms with van der Waals surface area (Å²) in [6, 6.07) is 1.99. The number of rotatable bonds is 5. The van der Waals surface area contributed by atoms with Crippen LogP contribution in [0.1, 0.15) is 25.1 Å². The van der Waals surface area contributed by atoms with Gasteiger partial charge >= 0.3 is 6.09 Å². The van der Waals surface area contributed by atoms with E-state index in [4.69, 9.17) is 59.2 Å². The monoisotopic (exact) mass is 713 g/mol. The van der Waals surface area contributed by atoms with Crippen molar-refractivity contribution in [3.05, 3.63) is 23.5 Å². The topological polar surface area (TPSA) is 139 Å². The van der Waals surface area contributed by atoms with E-state index in [1.807, 2.05) is 11.4 Å². The number of halogens is 3. The van der Waals surface area contributed by atoms with Crippen molar-refractivity contribution in [2.24, 2.45) is 0 Å². The molecule has 45 heavy (non-hydrogen) atoms. The minimum atomic E-state index is -2.31. The zero-order valence-electron chi connectivity index (χ0n) is 25.5. The van der Waals surface area contributed by atoms with Gasteiger partial charge in [0.25, 0.3) is 9.70 Å². The SMILES string of the molecule is CC(C)(COC(=O)NC(=O)C(Cl)(Cl)Cl)Nc1nc(N2CCN3c4ncc(C#C[Si](C)(C)C)cc4OCC3C2)nc2c1[S@](=O)CC2. The maximum Gasteiger partial charge on any atom is 0.414 e. The average molecular weight is 715 g/mol. The van der Waals surface area contributed by atoms with Gasteiger partial charge in [-0.25, -0.2) is 14.8 Å². The average Bonchev–Trinajstić information content (AvgIpc) is 3.34. The summed E-state index contributed by atoms with van der Waals surface area (Å²) in [5.41, 5.74) is 4.06. The summed E-state index contributed by atoms with van der Waals surface area (Å²) < 4.78 is 22.0. The lowest BCUT2D eigenvalue weighted by Crippen LogP contribution is -2.58. The number of imide groups is 1. The van der Waals surface area contributed by atoms with E-state index in [2.05, 4.69) is 46.2 Å². The van der Waals surface area contributed by atoms with Gasteiger partial charge in [0.05, 0.1) is 28.1 Å². The molecule has 2 atom stereocenters. The van der Waals surface area contributed by atoms with E-state index in [1.54, 1.807) is 20.0 Å². The Morgan fingerprint density at radius 3 is 2.69 bits per heavy atom. The fourth-order valence-corrected chi connectivity index (χ4v) is 6.91. The first-order valence-electron chi connectivity index (χ1n) is 14.3. The number of carbonyl (C=O) groups is 2. The highest BCUT2D eigenvalue weighted by Crippen LogP contribution is 2.36. The number of carbonyl (C=O) groups excluding carboxylic acids is 2. The van der Waals surface area contributed by atoms with Gasteiger partial charge in [0.15, 0.2) is 11.6 Å². The molecule has 5 heterocycles. The Balaban J connectivity index is 1.30. The lowest BCUT2D eigenvalue weighted by molar-refractivity contribution is -0.119. The molecule has 0 bridgehead atoms. The number of hydrogen-bond donors (Lipinski definition) is 2. The van der Waals surface area contributed by atoms with E-state index in [9.17, 15) is 13.8 Å². The third-order valence-electron chi connectivity index (χ3n) is 7.05. The quantitative estimate of drug-likeness (QED) is 0.267. The van der Waals surface area contributed by atoms with Gasteiger partial charge in [0, 0.05) is 49.6 Å². The number of alkyl carbamates (subject to hydrolysis) is 1. The number of piperazine rings is 1. The van der Waals surface area contributed by atoms with Gasteiger partial charge in [-0.2, -0.15) is 4.98 Å².